The zero-order valence-electron chi connectivity index (χ0n) is 12.6. The van der Waals surface area contributed by atoms with Crippen LogP contribution in [0.3, 0.4) is 0 Å². The molecule has 0 fully saturated rings. The number of hydrazone groups is 1. The number of hydrogen-bond donors (Lipinski definition) is 2. The zero-order chi connectivity index (χ0) is 16.9. The van der Waals surface area contributed by atoms with E-state index in [-0.39, 0.29) is 11.7 Å². The van der Waals surface area contributed by atoms with Crippen molar-refractivity contribution in [1.82, 2.24) is 9.99 Å². The fourth-order valence-electron chi connectivity index (χ4n) is 2.21. The van der Waals surface area contributed by atoms with Gasteiger partial charge in [-0.3, -0.25) is 4.79 Å². The van der Waals surface area contributed by atoms with Crippen molar-refractivity contribution >= 4 is 23.7 Å². The van der Waals surface area contributed by atoms with E-state index < -0.39 is 0 Å². The Balaban J connectivity index is 1.74. The molecular weight excluding hydrogens is 326 g/mol. The van der Waals surface area contributed by atoms with Gasteiger partial charge in [0.15, 0.2) is 0 Å². The van der Waals surface area contributed by atoms with Crippen LogP contribution in [0.1, 0.15) is 16.1 Å². The Morgan fingerprint density at radius 3 is 2.58 bits per heavy atom. The molecule has 0 radical (unpaired) electrons. The van der Waals surface area contributed by atoms with E-state index in [1.807, 2.05) is 22.9 Å². The van der Waals surface area contributed by atoms with Crippen molar-refractivity contribution < 1.29 is 9.90 Å². The van der Waals surface area contributed by atoms with E-state index in [0.717, 1.165) is 11.4 Å². The van der Waals surface area contributed by atoms with Crippen molar-refractivity contribution in [2.24, 2.45) is 5.10 Å². The molecule has 0 aliphatic carbocycles. The minimum atomic E-state index is -0.375. The summed E-state index contributed by atoms with van der Waals surface area (Å²) in [6, 6.07) is 17.3. The lowest BCUT2D eigenvalue weighted by atomic mass is 10.2. The second-order valence-electron chi connectivity index (χ2n) is 5.00. The molecular formula is C18H14ClN3O2. The number of phenolic OH excluding ortho intramolecular Hbond substituents is 1. The fourth-order valence-corrected chi connectivity index (χ4v) is 2.43. The molecule has 1 heterocycles. The maximum atomic E-state index is 12.0. The number of aromatic hydroxyl groups is 1. The molecule has 2 N–H and O–H groups in total. The number of halogens is 1. The first-order valence-corrected chi connectivity index (χ1v) is 7.57. The van der Waals surface area contributed by atoms with Gasteiger partial charge in [-0.25, -0.2) is 5.43 Å². The average molecular weight is 340 g/mol. The summed E-state index contributed by atoms with van der Waals surface area (Å²) in [4.78, 5) is 12.0. The zero-order valence-corrected chi connectivity index (χ0v) is 13.3. The molecule has 0 aliphatic heterocycles. The van der Waals surface area contributed by atoms with Gasteiger partial charge >= 0.3 is 0 Å². The number of benzene rings is 2. The highest BCUT2D eigenvalue weighted by atomic mass is 35.5. The van der Waals surface area contributed by atoms with Crippen molar-refractivity contribution in [3.8, 4) is 11.4 Å². The van der Waals surface area contributed by atoms with Gasteiger partial charge in [0, 0.05) is 11.9 Å². The third-order valence-electron chi connectivity index (χ3n) is 3.39. The Morgan fingerprint density at radius 2 is 1.83 bits per heavy atom. The number of carbonyl (C=O) groups is 1. The highest BCUT2D eigenvalue weighted by molar-refractivity contribution is 6.33. The smallest absolute Gasteiger partial charge is 0.272 e. The van der Waals surface area contributed by atoms with Gasteiger partial charge in [0.25, 0.3) is 5.91 Å². The van der Waals surface area contributed by atoms with Crippen LogP contribution in [-0.2, 0) is 0 Å². The van der Waals surface area contributed by atoms with Crippen molar-refractivity contribution in [3.63, 3.8) is 0 Å². The van der Waals surface area contributed by atoms with Gasteiger partial charge in [-0.2, -0.15) is 5.10 Å². The summed E-state index contributed by atoms with van der Waals surface area (Å²) < 4.78 is 1.88. The van der Waals surface area contributed by atoms with Crippen LogP contribution in [0.4, 0.5) is 0 Å². The Bertz CT molecular complexity index is 885. The number of nitrogens with one attached hydrogen (secondary N) is 1. The largest absolute Gasteiger partial charge is 0.508 e. The van der Waals surface area contributed by atoms with Crippen LogP contribution >= 0.6 is 11.6 Å². The molecule has 0 bridgehead atoms. The highest BCUT2D eigenvalue weighted by Gasteiger charge is 2.08. The van der Waals surface area contributed by atoms with Crippen LogP contribution in [0, 0.1) is 0 Å². The standard InChI is InChI=1S/C18H14ClN3O2/c19-17-6-2-1-5-16(17)18(24)21-20-12-14-4-3-11-22(14)13-7-9-15(23)10-8-13/h1-12,23H,(H,21,24)/b20-12-. The second kappa shape index (κ2) is 7.02. The third-order valence-corrected chi connectivity index (χ3v) is 3.72. The Hall–Kier alpha value is -3.05. The van der Waals surface area contributed by atoms with E-state index in [4.69, 9.17) is 11.6 Å². The van der Waals surface area contributed by atoms with Crippen LogP contribution in [0.5, 0.6) is 5.75 Å². The van der Waals surface area contributed by atoms with Crippen molar-refractivity contribution in [2.75, 3.05) is 0 Å². The van der Waals surface area contributed by atoms with E-state index in [1.165, 1.54) is 0 Å². The molecule has 3 aromatic rings. The summed E-state index contributed by atoms with van der Waals surface area (Å²) >= 11 is 5.98. The molecule has 3 rings (SSSR count). The van der Waals surface area contributed by atoms with Gasteiger partial charge < -0.3 is 9.67 Å². The van der Waals surface area contributed by atoms with Gasteiger partial charge in [0.05, 0.1) is 22.5 Å². The Morgan fingerprint density at radius 1 is 1.08 bits per heavy atom. The van der Waals surface area contributed by atoms with Crippen LogP contribution in [0.15, 0.2) is 72.0 Å². The third kappa shape index (κ3) is 3.47. The van der Waals surface area contributed by atoms with Gasteiger partial charge in [0.2, 0.25) is 0 Å². The second-order valence-corrected chi connectivity index (χ2v) is 5.41. The first-order chi connectivity index (χ1) is 11.6. The minimum Gasteiger partial charge on any atom is -0.508 e. The summed E-state index contributed by atoms with van der Waals surface area (Å²) in [5.74, 6) is -0.173. The predicted octanol–water partition coefficient (Wildman–Crippen LogP) is 3.60. The molecule has 24 heavy (non-hydrogen) atoms. The number of amides is 1. The first kappa shape index (κ1) is 15.8. The van der Waals surface area contributed by atoms with E-state index in [9.17, 15) is 9.90 Å². The van der Waals surface area contributed by atoms with Crippen LogP contribution < -0.4 is 5.43 Å². The number of nitrogens with zero attached hydrogens (tertiary/aromatic N) is 2. The molecule has 0 unspecified atom stereocenters. The van der Waals surface area contributed by atoms with Gasteiger partial charge in [0.1, 0.15) is 5.75 Å². The van der Waals surface area contributed by atoms with Crippen molar-refractivity contribution in [1.29, 1.82) is 0 Å². The molecule has 0 aliphatic rings. The van der Waals surface area contributed by atoms with E-state index in [2.05, 4.69) is 10.5 Å². The number of aromatic nitrogens is 1. The highest BCUT2D eigenvalue weighted by Crippen LogP contribution is 2.16. The summed E-state index contributed by atoms with van der Waals surface area (Å²) in [5.41, 5.74) is 4.47. The Kier molecular flexibility index (Phi) is 4.63. The molecule has 6 heteroatoms. The molecule has 1 amide bonds. The molecule has 0 saturated carbocycles. The molecule has 0 atom stereocenters. The monoisotopic (exact) mass is 339 g/mol. The van der Waals surface area contributed by atoms with Crippen LogP contribution in [-0.4, -0.2) is 21.8 Å². The molecule has 1 aromatic heterocycles. The number of hydrogen-bond acceptors (Lipinski definition) is 3. The van der Waals surface area contributed by atoms with Gasteiger partial charge in [-0.1, -0.05) is 23.7 Å². The molecule has 0 spiro atoms. The van der Waals surface area contributed by atoms with E-state index in [0.29, 0.717) is 10.6 Å². The summed E-state index contributed by atoms with van der Waals surface area (Å²) in [6.07, 6.45) is 3.41. The summed E-state index contributed by atoms with van der Waals surface area (Å²) in [5, 5.41) is 13.7. The minimum absolute atomic E-state index is 0.202. The molecule has 2 aromatic carbocycles. The SMILES string of the molecule is O=C(N/N=C\c1cccn1-c1ccc(O)cc1)c1ccccc1Cl. The fraction of sp³-hybridized carbons (Fsp3) is 0. The summed E-state index contributed by atoms with van der Waals surface area (Å²) in [6.45, 7) is 0. The molecule has 5 nitrogen and oxygen atoms in total. The van der Waals surface area contributed by atoms with Gasteiger partial charge in [-0.05, 0) is 48.5 Å². The molecule has 120 valence electrons. The lowest BCUT2D eigenvalue weighted by Crippen LogP contribution is -2.18. The predicted molar refractivity (Wildman–Crippen MR) is 93.9 cm³/mol. The molecule has 0 saturated heterocycles. The Labute approximate surface area is 143 Å². The topological polar surface area (TPSA) is 66.6 Å². The number of carbonyl (C=O) groups excluding carboxylic acids is 1. The lowest BCUT2D eigenvalue weighted by Gasteiger charge is -2.06. The van der Waals surface area contributed by atoms with Gasteiger partial charge in [-0.15, -0.1) is 0 Å². The lowest BCUT2D eigenvalue weighted by molar-refractivity contribution is 0.0955. The normalized spacial score (nSPS) is 10.9. The quantitative estimate of drug-likeness (QED) is 0.563. The van der Waals surface area contributed by atoms with Crippen LogP contribution in [0.2, 0.25) is 5.02 Å². The average Bonchev–Trinajstić information content (AvgIpc) is 3.04. The van der Waals surface area contributed by atoms with Crippen LogP contribution in [0.25, 0.3) is 5.69 Å². The maximum Gasteiger partial charge on any atom is 0.272 e. The summed E-state index contributed by atoms with van der Waals surface area (Å²) in [7, 11) is 0. The van der Waals surface area contributed by atoms with E-state index in [1.54, 1.807) is 54.7 Å². The first-order valence-electron chi connectivity index (χ1n) is 7.20. The number of phenols is 1. The number of rotatable bonds is 4. The van der Waals surface area contributed by atoms with E-state index >= 15 is 0 Å². The van der Waals surface area contributed by atoms with Crippen molar-refractivity contribution in [3.05, 3.63) is 83.1 Å². The van der Waals surface area contributed by atoms with Crippen molar-refractivity contribution in [2.45, 2.75) is 0 Å². The maximum absolute atomic E-state index is 12.0.